The van der Waals surface area contributed by atoms with E-state index in [1.165, 1.54) is 19.3 Å². The molecule has 0 spiro atoms. The van der Waals surface area contributed by atoms with Gasteiger partial charge in [-0.15, -0.1) is 0 Å². The molecule has 2 atom stereocenters. The molecule has 0 saturated heterocycles. The number of hydrogen-bond donors (Lipinski definition) is 1. The average Bonchev–Trinajstić information content (AvgIpc) is 1.86. The van der Waals surface area contributed by atoms with Crippen molar-refractivity contribution in [1.82, 2.24) is 0 Å². The Labute approximate surface area is 71.4 Å². The van der Waals surface area contributed by atoms with E-state index >= 15 is 0 Å². The molecule has 0 bridgehead atoms. The fourth-order valence-electron chi connectivity index (χ4n) is 1.57. The molecule has 0 rings (SSSR count). The summed E-state index contributed by atoms with van der Waals surface area (Å²) in [6.07, 6.45) is 3.81. The van der Waals surface area contributed by atoms with Crippen LogP contribution in [-0.4, -0.2) is 6.04 Å². The molecular weight excluding hydrogens is 134 g/mol. The van der Waals surface area contributed by atoms with Gasteiger partial charge >= 0.3 is 0 Å². The molecule has 0 aliphatic rings. The largest absolute Gasteiger partial charge is 0.328 e. The molecule has 1 nitrogen and oxygen atoms in total. The molecule has 0 saturated carbocycles. The normalized spacial score (nSPS) is 16.9. The molecule has 0 aromatic carbocycles. The Bertz CT molecular complexity index is 86.9. The summed E-state index contributed by atoms with van der Waals surface area (Å²) in [6.45, 7) is 8.94. The topological polar surface area (TPSA) is 26.0 Å². The maximum absolute atomic E-state index is 5.76. The molecule has 0 aliphatic heterocycles. The van der Waals surface area contributed by atoms with Gasteiger partial charge in [0.1, 0.15) is 0 Å². The third kappa shape index (κ3) is 5.25. The molecule has 0 aromatic heterocycles. The molecule has 0 aliphatic carbocycles. The first-order valence-electron chi connectivity index (χ1n) is 4.83. The van der Waals surface area contributed by atoms with E-state index in [-0.39, 0.29) is 0 Å². The minimum Gasteiger partial charge on any atom is -0.328 e. The van der Waals surface area contributed by atoms with Gasteiger partial charge in [-0.3, -0.25) is 0 Å². The van der Waals surface area contributed by atoms with E-state index in [1.54, 1.807) is 0 Å². The van der Waals surface area contributed by atoms with Crippen molar-refractivity contribution in [2.75, 3.05) is 0 Å². The zero-order valence-electron chi connectivity index (χ0n) is 8.43. The molecule has 0 heterocycles. The predicted octanol–water partition coefficient (Wildman–Crippen LogP) is 2.80. The van der Waals surface area contributed by atoms with Gasteiger partial charge in [0.05, 0.1) is 0 Å². The van der Waals surface area contributed by atoms with Gasteiger partial charge < -0.3 is 5.73 Å². The van der Waals surface area contributed by atoms with Gasteiger partial charge in [-0.1, -0.05) is 33.6 Å². The minimum absolute atomic E-state index is 0.369. The average molecular weight is 157 g/mol. The SMILES string of the molecule is CCCC(CC(C)N)C(C)C. The fraction of sp³-hybridized carbons (Fsp3) is 1.00. The molecule has 2 unspecified atom stereocenters. The lowest BCUT2D eigenvalue weighted by Gasteiger charge is -2.21. The van der Waals surface area contributed by atoms with Gasteiger partial charge in [-0.05, 0) is 25.2 Å². The van der Waals surface area contributed by atoms with Crippen molar-refractivity contribution < 1.29 is 0 Å². The first-order chi connectivity index (χ1) is 5.07. The van der Waals surface area contributed by atoms with Crippen LogP contribution in [-0.2, 0) is 0 Å². The lowest BCUT2D eigenvalue weighted by molar-refractivity contribution is 0.316. The molecule has 0 radical (unpaired) electrons. The van der Waals surface area contributed by atoms with E-state index in [2.05, 4.69) is 27.7 Å². The van der Waals surface area contributed by atoms with Crippen LogP contribution >= 0.6 is 0 Å². The Balaban J connectivity index is 3.69. The van der Waals surface area contributed by atoms with E-state index in [1.807, 2.05) is 0 Å². The summed E-state index contributed by atoms with van der Waals surface area (Å²) >= 11 is 0. The molecule has 1 heteroatoms. The van der Waals surface area contributed by atoms with Crippen molar-refractivity contribution in [2.24, 2.45) is 17.6 Å². The Morgan fingerprint density at radius 3 is 2.00 bits per heavy atom. The molecule has 11 heavy (non-hydrogen) atoms. The van der Waals surface area contributed by atoms with E-state index in [9.17, 15) is 0 Å². The quantitative estimate of drug-likeness (QED) is 0.652. The van der Waals surface area contributed by atoms with Crippen molar-refractivity contribution in [3.63, 3.8) is 0 Å². The monoisotopic (exact) mass is 157 g/mol. The molecule has 0 aromatic rings. The van der Waals surface area contributed by atoms with Crippen molar-refractivity contribution in [1.29, 1.82) is 0 Å². The van der Waals surface area contributed by atoms with E-state index < -0.39 is 0 Å². The summed E-state index contributed by atoms with van der Waals surface area (Å²) in [5.41, 5.74) is 5.76. The first-order valence-corrected chi connectivity index (χ1v) is 4.83. The number of hydrogen-bond acceptors (Lipinski definition) is 1. The second kappa shape index (κ2) is 5.59. The Morgan fingerprint density at radius 1 is 1.18 bits per heavy atom. The van der Waals surface area contributed by atoms with Gasteiger partial charge in [0.25, 0.3) is 0 Å². The van der Waals surface area contributed by atoms with Crippen LogP contribution in [0.5, 0.6) is 0 Å². The summed E-state index contributed by atoms with van der Waals surface area (Å²) < 4.78 is 0. The van der Waals surface area contributed by atoms with Crippen molar-refractivity contribution in [3.8, 4) is 0 Å². The Kier molecular flexibility index (Phi) is 5.57. The Hall–Kier alpha value is -0.0400. The fourth-order valence-corrected chi connectivity index (χ4v) is 1.57. The van der Waals surface area contributed by atoms with E-state index in [4.69, 9.17) is 5.73 Å². The Morgan fingerprint density at radius 2 is 1.73 bits per heavy atom. The zero-order chi connectivity index (χ0) is 8.85. The van der Waals surface area contributed by atoms with Crippen LogP contribution in [0, 0.1) is 11.8 Å². The molecular formula is C10H23N. The van der Waals surface area contributed by atoms with Crippen LogP contribution in [0.25, 0.3) is 0 Å². The summed E-state index contributed by atoms with van der Waals surface area (Å²) in [4.78, 5) is 0. The first kappa shape index (κ1) is 11.0. The second-order valence-corrected chi connectivity index (χ2v) is 4.01. The highest BCUT2D eigenvalue weighted by Gasteiger charge is 2.13. The van der Waals surface area contributed by atoms with Gasteiger partial charge in [-0.25, -0.2) is 0 Å². The zero-order valence-corrected chi connectivity index (χ0v) is 8.43. The highest BCUT2D eigenvalue weighted by molar-refractivity contribution is 4.67. The predicted molar refractivity (Wildman–Crippen MR) is 51.5 cm³/mol. The summed E-state index contributed by atoms with van der Waals surface area (Å²) in [7, 11) is 0. The second-order valence-electron chi connectivity index (χ2n) is 4.01. The standard InChI is InChI=1S/C10H23N/c1-5-6-10(8(2)3)7-9(4)11/h8-10H,5-7,11H2,1-4H3. The smallest absolute Gasteiger partial charge is 0.00132 e. The van der Waals surface area contributed by atoms with Gasteiger partial charge in [0.2, 0.25) is 0 Å². The highest BCUT2D eigenvalue weighted by atomic mass is 14.6. The third-order valence-electron chi connectivity index (χ3n) is 2.28. The number of rotatable bonds is 5. The van der Waals surface area contributed by atoms with Gasteiger partial charge in [0, 0.05) is 6.04 Å². The van der Waals surface area contributed by atoms with Crippen LogP contribution in [0.3, 0.4) is 0 Å². The van der Waals surface area contributed by atoms with Gasteiger partial charge in [-0.2, -0.15) is 0 Å². The van der Waals surface area contributed by atoms with Crippen molar-refractivity contribution in [2.45, 2.75) is 53.0 Å². The van der Waals surface area contributed by atoms with Crippen LogP contribution < -0.4 is 5.73 Å². The van der Waals surface area contributed by atoms with Crippen LogP contribution in [0.4, 0.5) is 0 Å². The van der Waals surface area contributed by atoms with E-state index in [0.717, 1.165) is 11.8 Å². The molecule has 0 amide bonds. The van der Waals surface area contributed by atoms with Crippen LogP contribution in [0.1, 0.15) is 47.0 Å². The summed E-state index contributed by atoms with van der Waals surface area (Å²) in [5.74, 6) is 1.63. The van der Waals surface area contributed by atoms with Crippen molar-refractivity contribution >= 4 is 0 Å². The summed E-state index contributed by atoms with van der Waals surface area (Å²) in [5, 5.41) is 0. The maximum atomic E-state index is 5.76. The molecule has 2 N–H and O–H groups in total. The number of nitrogens with two attached hydrogens (primary N) is 1. The maximum Gasteiger partial charge on any atom is 0.00132 e. The van der Waals surface area contributed by atoms with E-state index in [0.29, 0.717) is 6.04 Å². The summed E-state index contributed by atoms with van der Waals surface area (Å²) in [6, 6.07) is 0.369. The minimum atomic E-state index is 0.369. The molecule has 68 valence electrons. The molecule has 0 fully saturated rings. The lowest BCUT2D eigenvalue weighted by Crippen LogP contribution is -2.22. The lowest BCUT2D eigenvalue weighted by atomic mass is 9.86. The van der Waals surface area contributed by atoms with Crippen LogP contribution in [0.2, 0.25) is 0 Å². The van der Waals surface area contributed by atoms with Crippen LogP contribution in [0.15, 0.2) is 0 Å². The third-order valence-corrected chi connectivity index (χ3v) is 2.28. The van der Waals surface area contributed by atoms with Gasteiger partial charge in [0.15, 0.2) is 0 Å². The van der Waals surface area contributed by atoms with Crippen molar-refractivity contribution in [3.05, 3.63) is 0 Å². The highest BCUT2D eigenvalue weighted by Crippen LogP contribution is 2.21.